The summed E-state index contributed by atoms with van der Waals surface area (Å²) in [6.45, 7) is 6.24. The Bertz CT molecular complexity index is 414. The molecule has 3 N–H and O–H groups in total. The molecule has 0 bridgehead atoms. The van der Waals surface area contributed by atoms with Gasteiger partial charge in [0.15, 0.2) is 0 Å². The summed E-state index contributed by atoms with van der Waals surface area (Å²) in [5.74, 6) is 0. The van der Waals surface area contributed by atoms with Crippen molar-refractivity contribution in [3.8, 4) is 0 Å². The van der Waals surface area contributed by atoms with Crippen molar-refractivity contribution >= 4 is 10.9 Å². The number of fused-ring (bicyclic) bond motifs is 1. The largest absolute Gasteiger partial charge is 0.357 e. The number of hydrogen-bond donors (Lipinski definition) is 3. The van der Waals surface area contributed by atoms with Gasteiger partial charge >= 0.3 is 0 Å². The van der Waals surface area contributed by atoms with E-state index in [0.29, 0.717) is 0 Å². The van der Waals surface area contributed by atoms with Gasteiger partial charge in [-0.15, -0.1) is 0 Å². The van der Waals surface area contributed by atoms with Crippen LogP contribution in [0, 0.1) is 0 Å². The van der Waals surface area contributed by atoms with Crippen LogP contribution in [0.1, 0.15) is 19.0 Å². The van der Waals surface area contributed by atoms with Crippen LogP contribution in [-0.4, -0.2) is 24.6 Å². The summed E-state index contributed by atoms with van der Waals surface area (Å²) in [6, 6.07) is 10.6. The predicted octanol–water partition coefficient (Wildman–Crippen LogP) is 2.26. The molecule has 3 nitrogen and oxygen atoms in total. The Hall–Kier alpha value is -1.32. The van der Waals surface area contributed by atoms with Gasteiger partial charge in [-0.05, 0) is 30.5 Å². The Morgan fingerprint density at radius 3 is 2.71 bits per heavy atom. The van der Waals surface area contributed by atoms with Crippen molar-refractivity contribution in [2.75, 3.05) is 19.6 Å². The van der Waals surface area contributed by atoms with Gasteiger partial charge in [-0.3, -0.25) is 0 Å². The fraction of sp³-hybridized carbons (Fsp3) is 0.429. The molecule has 0 fully saturated rings. The monoisotopic (exact) mass is 231 g/mol. The standard InChI is InChI=1S/C14H21N3/c1-2-7-15-8-9-16-11-13-10-12-5-3-4-6-14(12)17-13/h3-6,10,15-17H,2,7-9,11H2,1H3. The van der Waals surface area contributed by atoms with Crippen LogP contribution in [-0.2, 0) is 6.54 Å². The Labute approximate surface area is 103 Å². The smallest absolute Gasteiger partial charge is 0.0456 e. The second-order valence-corrected chi connectivity index (χ2v) is 4.31. The average Bonchev–Trinajstić information content (AvgIpc) is 2.76. The third-order valence-electron chi connectivity index (χ3n) is 2.81. The van der Waals surface area contributed by atoms with Gasteiger partial charge in [0.05, 0.1) is 0 Å². The summed E-state index contributed by atoms with van der Waals surface area (Å²) in [6.07, 6.45) is 1.20. The van der Waals surface area contributed by atoms with E-state index in [1.807, 2.05) is 0 Å². The lowest BCUT2D eigenvalue weighted by Crippen LogP contribution is -2.27. The molecular weight excluding hydrogens is 210 g/mol. The van der Waals surface area contributed by atoms with Crippen LogP contribution in [0.5, 0.6) is 0 Å². The van der Waals surface area contributed by atoms with Crippen LogP contribution in [0.25, 0.3) is 10.9 Å². The average molecular weight is 231 g/mol. The maximum absolute atomic E-state index is 3.43. The van der Waals surface area contributed by atoms with Crippen LogP contribution in [0.2, 0.25) is 0 Å². The molecule has 0 spiro atoms. The SMILES string of the molecule is CCCNCCNCc1cc2ccccc2[nH]1. The number of benzene rings is 1. The minimum atomic E-state index is 0.905. The summed E-state index contributed by atoms with van der Waals surface area (Å²) >= 11 is 0. The number of rotatable bonds is 7. The first-order valence-electron chi connectivity index (χ1n) is 6.38. The summed E-state index contributed by atoms with van der Waals surface area (Å²) in [5.41, 5.74) is 2.47. The molecule has 0 aliphatic rings. The molecule has 0 unspecified atom stereocenters. The second-order valence-electron chi connectivity index (χ2n) is 4.31. The number of aromatic nitrogens is 1. The van der Waals surface area contributed by atoms with E-state index in [1.54, 1.807) is 0 Å². The molecule has 3 heteroatoms. The van der Waals surface area contributed by atoms with Gasteiger partial charge in [0.2, 0.25) is 0 Å². The van der Waals surface area contributed by atoms with Crippen LogP contribution in [0.15, 0.2) is 30.3 Å². The number of nitrogens with one attached hydrogen (secondary N) is 3. The van der Waals surface area contributed by atoms with Gasteiger partial charge in [-0.25, -0.2) is 0 Å². The van der Waals surface area contributed by atoms with Crippen LogP contribution >= 0.6 is 0 Å². The lowest BCUT2D eigenvalue weighted by molar-refractivity contribution is 0.603. The summed E-state index contributed by atoms with van der Waals surface area (Å²) in [4.78, 5) is 3.41. The van der Waals surface area contributed by atoms with Crippen LogP contribution in [0.3, 0.4) is 0 Å². The topological polar surface area (TPSA) is 39.8 Å². The van der Waals surface area contributed by atoms with Crippen molar-refractivity contribution in [1.82, 2.24) is 15.6 Å². The Morgan fingerprint density at radius 2 is 1.88 bits per heavy atom. The summed E-state index contributed by atoms with van der Waals surface area (Å²) in [7, 11) is 0. The molecule has 2 rings (SSSR count). The van der Waals surface area contributed by atoms with Crippen molar-refractivity contribution < 1.29 is 0 Å². The molecule has 17 heavy (non-hydrogen) atoms. The second kappa shape index (κ2) is 6.42. The van der Waals surface area contributed by atoms with Crippen molar-refractivity contribution in [1.29, 1.82) is 0 Å². The minimum absolute atomic E-state index is 0.905. The first-order valence-corrected chi connectivity index (χ1v) is 6.38. The van der Waals surface area contributed by atoms with E-state index in [9.17, 15) is 0 Å². The van der Waals surface area contributed by atoms with E-state index in [-0.39, 0.29) is 0 Å². The van der Waals surface area contributed by atoms with Gasteiger partial charge < -0.3 is 15.6 Å². The molecule has 0 saturated heterocycles. The molecule has 0 radical (unpaired) electrons. The number of hydrogen-bond acceptors (Lipinski definition) is 2. The fourth-order valence-electron chi connectivity index (χ4n) is 1.93. The molecule has 1 aromatic carbocycles. The first kappa shape index (κ1) is 12.1. The highest BCUT2D eigenvalue weighted by molar-refractivity contribution is 5.80. The maximum atomic E-state index is 3.43. The minimum Gasteiger partial charge on any atom is -0.357 e. The first-order chi connectivity index (χ1) is 8.40. The zero-order valence-corrected chi connectivity index (χ0v) is 10.4. The Balaban J connectivity index is 1.75. The van der Waals surface area contributed by atoms with E-state index in [4.69, 9.17) is 0 Å². The van der Waals surface area contributed by atoms with Crippen LogP contribution < -0.4 is 10.6 Å². The van der Waals surface area contributed by atoms with Crippen molar-refractivity contribution in [3.63, 3.8) is 0 Å². The fourth-order valence-corrected chi connectivity index (χ4v) is 1.93. The van der Waals surface area contributed by atoms with Gasteiger partial charge in [-0.1, -0.05) is 25.1 Å². The van der Waals surface area contributed by atoms with E-state index < -0.39 is 0 Å². The van der Waals surface area contributed by atoms with Crippen molar-refractivity contribution in [2.45, 2.75) is 19.9 Å². The summed E-state index contributed by atoms with van der Waals surface area (Å²) < 4.78 is 0. The Kier molecular flexibility index (Phi) is 4.59. The molecule has 92 valence electrons. The maximum Gasteiger partial charge on any atom is 0.0456 e. The van der Waals surface area contributed by atoms with Crippen molar-refractivity contribution in [3.05, 3.63) is 36.0 Å². The number of H-pyrrole nitrogens is 1. The van der Waals surface area contributed by atoms with Gasteiger partial charge in [0.25, 0.3) is 0 Å². The highest BCUT2D eigenvalue weighted by atomic mass is 14.9. The molecule has 0 amide bonds. The molecule has 0 saturated carbocycles. The lowest BCUT2D eigenvalue weighted by atomic mass is 10.2. The highest BCUT2D eigenvalue weighted by Crippen LogP contribution is 2.14. The van der Waals surface area contributed by atoms with E-state index in [1.165, 1.54) is 23.0 Å². The zero-order chi connectivity index (χ0) is 11.9. The normalized spacial score (nSPS) is 11.1. The van der Waals surface area contributed by atoms with Gasteiger partial charge in [0, 0.05) is 30.8 Å². The zero-order valence-electron chi connectivity index (χ0n) is 10.4. The van der Waals surface area contributed by atoms with Crippen LogP contribution in [0.4, 0.5) is 0 Å². The quantitative estimate of drug-likeness (QED) is 0.640. The number of para-hydroxylation sites is 1. The van der Waals surface area contributed by atoms with Crippen molar-refractivity contribution in [2.24, 2.45) is 0 Å². The summed E-state index contributed by atoms with van der Waals surface area (Å²) in [5, 5.41) is 8.09. The molecule has 1 heterocycles. The molecule has 1 aromatic heterocycles. The third kappa shape index (κ3) is 3.58. The van der Waals surface area contributed by atoms with E-state index >= 15 is 0 Å². The number of aromatic amines is 1. The molecule has 0 atom stereocenters. The molecule has 0 aliphatic heterocycles. The Morgan fingerprint density at radius 1 is 1.06 bits per heavy atom. The van der Waals surface area contributed by atoms with Gasteiger partial charge in [-0.2, -0.15) is 0 Å². The molecule has 2 aromatic rings. The van der Waals surface area contributed by atoms with E-state index in [2.05, 4.69) is 52.9 Å². The highest BCUT2D eigenvalue weighted by Gasteiger charge is 1.98. The van der Waals surface area contributed by atoms with Gasteiger partial charge in [0.1, 0.15) is 0 Å². The van der Waals surface area contributed by atoms with E-state index in [0.717, 1.165) is 26.2 Å². The lowest BCUT2D eigenvalue weighted by Gasteiger charge is -2.04. The molecule has 0 aliphatic carbocycles. The predicted molar refractivity (Wildman–Crippen MR) is 73.2 cm³/mol. The molecular formula is C14H21N3. The third-order valence-corrected chi connectivity index (χ3v) is 2.81.